The molecule has 0 fully saturated rings. The highest BCUT2D eigenvalue weighted by Crippen LogP contribution is 2.32. The lowest BCUT2D eigenvalue weighted by molar-refractivity contribution is 0.0979. The third-order valence-corrected chi connectivity index (χ3v) is 4.14. The maximum atomic E-state index is 12.8. The summed E-state index contributed by atoms with van der Waals surface area (Å²) in [6.45, 7) is 9.98. The minimum absolute atomic E-state index is 0.0642. The molecule has 2 nitrogen and oxygen atoms in total. The first-order valence-electron chi connectivity index (χ1n) is 7.33. The number of ketones is 2. The van der Waals surface area contributed by atoms with Crippen LogP contribution in [0.15, 0.2) is 43.0 Å². The minimum atomic E-state index is -0.0891. The van der Waals surface area contributed by atoms with E-state index in [-0.39, 0.29) is 17.0 Å². The molecular formula is C20H18O2. The molecule has 110 valence electrons. The lowest BCUT2D eigenvalue weighted by Gasteiger charge is -2.23. The molecule has 1 aliphatic rings. The normalized spacial score (nSPS) is 13.6. The fraction of sp³-hybridized carbons (Fsp3) is 0.200. The second-order valence-electron chi connectivity index (χ2n) is 6.68. The summed E-state index contributed by atoms with van der Waals surface area (Å²) in [6, 6.07) is 10.9. The predicted octanol–water partition coefficient (Wildman–Crippen LogP) is 4.40. The molecule has 2 aromatic rings. The lowest BCUT2D eigenvalue weighted by atomic mass is 9.79. The maximum Gasteiger partial charge on any atom is 0.194 e. The van der Waals surface area contributed by atoms with Crippen molar-refractivity contribution in [2.75, 3.05) is 0 Å². The van der Waals surface area contributed by atoms with E-state index in [1.165, 1.54) is 0 Å². The Morgan fingerprint density at radius 3 is 1.91 bits per heavy atom. The van der Waals surface area contributed by atoms with Crippen molar-refractivity contribution >= 4 is 17.6 Å². The molecule has 0 saturated carbocycles. The van der Waals surface area contributed by atoms with Crippen LogP contribution in [0, 0.1) is 0 Å². The molecule has 0 N–H and O–H groups in total. The van der Waals surface area contributed by atoms with Gasteiger partial charge in [-0.3, -0.25) is 9.59 Å². The molecule has 0 heterocycles. The zero-order valence-electron chi connectivity index (χ0n) is 13.1. The van der Waals surface area contributed by atoms with Crippen LogP contribution in [-0.2, 0) is 5.41 Å². The molecule has 0 unspecified atom stereocenters. The highest BCUT2D eigenvalue weighted by molar-refractivity contribution is 6.28. The van der Waals surface area contributed by atoms with E-state index in [9.17, 15) is 9.59 Å². The van der Waals surface area contributed by atoms with E-state index in [4.69, 9.17) is 0 Å². The Labute approximate surface area is 130 Å². The van der Waals surface area contributed by atoms with Gasteiger partial charge in [0.15, 0.2) is 11.6 Å². The maximum absolute atomic E-state index is 12.8. The molecule has 3 rings (SSSR count). The van der Waals surface area contributed by atoms with Crippen molar-refractivity contribution in [1.29, 1.82) is 0 Å². The molecule has 0 amide bonds. The van der Waals surface area contributed by atoms with Crippen molar-refractivity contribution in [2.24, 2.45) is 0 Å². The number of rotatable bonds is 1. The van der Waals surface area contributed by atoms with Crippen LogP contribution in [-0.4, -0.2) is 11.6 Å². The summed E-state index contributed by atoms with van der Waals surface area (Å²) in [5.41, 5.74) is 3.79. The Balaban J connectivity index is 2.22. The van der Waals surface area contributed by atoms with E-state index in [1.807, 2.05) is 18.2 Å². The first-order valence-corrected chi connectivity index (χ1v) is 7.33. The Morgan fingerprint density at radius 2 is 1.36 bits per heavy atom. The molecule has 1 aliphatic carbocycles. The molecule has 0 spiro atoms. The number of benzene rings is 2. The van der Waals surface area contributed by atoms with E-state index >= 15 is 0 Å². The third kappa shape index (κ3) is 2.12. The number of hydrogen-bond acceptors (Lipinski definition) is 2. The van der Waals surface area contributed by atoms with Gasteiger partial charge in [0.05, 0.1) is 0 Å². The van der Waals surface area contributed by atoms with Crippen LogP contribution in [0.5, 0.6) is 0 Å². The Morgan fingerprint density at radius 1 is 0.818 bits per heavy atom. The van der Waals surface area contributed by atoms with E-state index in [2.05, 4.69) is 27.4 Å². The van der Waals surface area contributed by atoms with E-state index in [0.29, 0.717) is 22.3 Å². The smallest absolute Gasteiger partial charge is 0.194 e. The van der Waals surface area contributed by atoms with Gasteiger partial charge < -0.3 is 0 Å². The quantitative estimate of drug-likeness (QED) is 0.665. The average Bonchev–Trinajstić information content (AvgIpc) is 2.50. The fourth-order valence-corrected chi connectivity index (χ4v) is 2.76. The van der Waals surface area contributed by atoms with Gasteiger partial charge in [-0.1, -0.05) is 45.6 Å². The molecule has 2 aromatic carbocycles. The minimum Gasteiger partial charge on any atom is -0.289 e. The van der Waals surface area contributed by atoms with Gasteiger partial charge in [-0.15, -0.1) is 0 Å². The molecule has 0 radical (unpaired) electrons. The summed E-state index contributed by atoms with van der Waals surface area (Å²) < 4.78 is 0. The van der Waals surface area contributed by atoms with Crippen LogP contribution in [0.4, 0.5) is 0 Å². The summed E-state index contributed by atoms with van der Waals surface area (Å²) >= 11 is 0. The van der Waals surface area contributed by atoms with Crippen LogP contribution in [0.1, 0.15) is 63.7 Å². The largest absolute Gasteiger partial charge is 0.289 e. The van der Waals surface area contributed by atoms with Gasteiger partial charge in [-0.05, 0) is 40.8 Å². The first kappa shape index (κ1) is 14.5. The summed E-state index contributed by atoms with van der Waals surface area (Å²) in [4.78, 5) is 25.5. The lowest BCUT2D eigenvalue weighted by Crippen LogP contribution is -2.22. The van der Waals surface area contributed by atoms with Gasteiger partial charge in [0.1, 0.15) is 0 Å². The van der Waals surface area contributed by atoms with Crippen LogP contribution in [0.2, 0.25) is 0 Å². The predicted molar refractivity (Wildman–Crippen MR) is 88.5 cm³/mol. The van der Waals surface area contributed by atoms with E-state index in [1.54, 1.807) is 24.3 Å². The van der Waals surface area contributed by atoms with Gasteiger partial charge in [-0.2, -0.15) is 0 Å². The van der Waals surface area contributed by atoms with Crippen LogP contribution in [0.25, 0.3) is 6.08 Å². The second-order valence-corrected chi connectivity index (χ2v) is 6.68. The molecule has 0 bridgehead atoms. The Kier molecular flexibility index (Phi) is 3.13. The molecular weight excluding hydrogens is 272 g/mol. The van der Waals surface area contributed by atoms with E-state index in [0.717, 1.165) is 11.1 Å². The van der Waals surface area contributed by atoms with Crippen molar-refractivity contribution in [3.8, 4) is 0 Å². The van der Waals surface area contributed by atoms with Gasteiger partial charge in [-0.25, -0.2) is 0 Å². The summed E-state index contributed by atoms with van der Waals surface area (Å²) in [5.74, 6) is -0.167. The zero-order valence-corrected chi connectivity index (χ0v) is 13.1. The molecule has 2 heteroatoms. The van der Waals surface area contributed by atoms with Crippen molar-refractivity contribution < 1.29 is 9.59 Å². The fourth-order valence-electron chi connectivity index (χ4n) is 2.76. The summed E-state index contributed by atoms with van der Waals surface area (Å²) in [6.07, 6.45) is 1.68. The second kappa shape index (κ2) is 4.77. The standard InChI is InChI=1S/C20H18O2/c1-5-12-6-8-14-16(10-12)18(21)15-9-7-13(20(2,3)4)11-17(15)19(14)22/h5-11H,1H2,2-4H3. The topological polar surface area (TPSA) is 34.1 Å². The van der Waals surface area contributed by atoms with Crippen molar-refractivity contribution in [1.82, 2.24) is 0 Å². The summed E-state index contributed by atoms with van der Waals surface area (Å²) in [5, 5.41) is 0. The van der Waals surface area contributed by atoms with Gasteiger partial charge >= 0.3 is 0 Å². The van der Waals surface area contributed by atoms with Gasteiger partial charge in [0.2, 0.25) is 0 Å². The van der Waals surface area contributed by atoms with Gasteiger partial charge in [0, 0.05) is 22.3 Å². The first-order chi connectivity index (χ1) is 10.3. The number of hydrogen-bond donors (Lipinski definition) is 0. The van der Waals surface area contributed by atoms with Gasteiger partial charge in [0.25, 0.3) is 0 Å². The molecule has 22 heavy (non-hydrogen) atoms. The summed E-state index contributed by atoms with van der Waals surface area (Å²) in [7, 11) is 0. The Hall–Kier alpha value is -2.48. The molecule has 0 aliphatic heterocycles. The average molecular weight is 290 g/mol. The Bertz CT molecular complexity index is 820. The highest BCUT2D eigenvalue weighted by Gasteiger charge is 2.30. The van der Waals surface area contributed by atoms with Crippen molar-refractivity contribution in [3.05, 3.63) is 76.4 Å². The van der Waals surface area contributed by atoms with Crippen molar-refractivity contribution in [3.63, 3.8) is 0 Å². The molecule has 0 saturated heterocycles. The van der Waals surface area contributed by atoms with Crippen molar-refractivity contribution in [2.45, 2.75) is 26.2 Å². The number of carbonyl (C=O) groups excluding carboxylic acids is 2. The van der Waals surface area contributed by atoms with Crippen LogP contribution < -0.4 is 0 Å². The van der Waals surface area contributed by atoms with E-state index < -0.39 is 0 Å². The SMILES string of the molecule is C=Cc1ccc2c(c1)C(=O)c1ccc(C(C)(C)C)cc1C2=O. The molecule has 0 aromatic heterocycles. The van der Waals surface area contributed by atoms with Crippen LogP contribution in [0.3, 0.4) is 0 Å². The van der Waals surface area contributed by atoms with Crippen LogP contribution >= 0.6 is 0 Å². The monoisotopic (exact) mass is 290 g/mol. The number of fused-ring (bicyclic) bond motifs is 2. The highest BCUT2D eigenvalue weighted by atomic mass is 16.1. The molecule has 0 atom stereocenters. The number of carbonyl (C=O) groups is 2. The third-order valence-electron chi connectivity index (χ3n) is 4.14. The zero-order chi connectivity index (χ0) is 16.1.